The quantitative estimate of drug-likeness (QED) is 0.921. The van der Waals surface area contributed by atoms with Crippen LogP contribution in [0.25, 0.3) is 0 Å². The number of carbonyl (C=O) groups excluding carboxylic acids is 1. The van der Waals surface area contributed by atoms with Gasteiger partial charge in [0.2, 0.25) is 0 Å². The molecule has 4 nitrogen and oxygen atoms in total. The zero-order valence-corrected chi connectivity index (χ0v) is 12.8. The molecule has 1 aromatic rings. The van der Waals surface area contributed by atoms with Crippen molar-refractivity contribution in [2.45, 2.75) is 39.7 Å². The van der Waals surface area contributed by atoms with Crippen LogP contribution in [0, 0.1) is 12.8 Å². The Morgan fingerprint density at radius 2 is 2.42 bits per heavy atom. The predicted molar refractivity (Wildman–Crippen MR) is 78.6 cm³/mol. The third kappa shape index (κ3) is 3.76. The van der Waals surface area contributed by atoms with Gasteiger partial charge in [-0.1, -0.05) is 0 Å². The van der Waals surface area contributed by atoms with Crippen LogP contribution in [0.1, 0.15) is 42.1 Å². The minimum absolute atomic E-state index is 0.0293. The SMILES string of the molecule is Cc1ncsc1C(=O)NCC1CCCN(C(C)C)C1. The van der Waals surface area contributed by atoms with Gasteiger partial charge in [-0.25, -0.2) is 4.98 Å². The van der Waals surface area contributed by atoms with Crippen molar-refractivity contribution < 1.29 is 4.79 Å². The van der Waals surface area contributed by atoms with Crippen LogP contribution in [0.4, 0.5) is 0 Å². The van der Waals surface area contributed by atoms with Crippen LogP contribution >= 0.6 is 11.3 Å². The maximum atomic E-state index is 12.0. The zero-order valence-electron chi connectivity index (χ0n) is 12.0. The number of hydrogen-bond donors (Lipinski definition) is 1. The summed E-state index contributed by atoms with van der Waals surface area (Å²) >= 11 is 1.42. The summed E-state index contributed by atoms with van der Waals surface area (Å²) in [6, 6.07) is 0.599. The van der Waals surface area contributed by atoms with Crippen molar-refractivity contribution in [3.05, 3.63) is 16.1 Å². The van der Waals surface area contributed by atoms with Crippen LogP contribution in [-0.2, 0) is 0 Å². The lowest BCUT2D eigenvalue weighted by Gasteiger charge is -2.35. The van der Waals surface area contributed by atoms with Crippen LogP contribution in [0.2, 0.25) is 0 Å². The molecule has 1 fully saturated rings. The van der Waals surface area contributed by atoms with E-state index >= 15 is 0 Å². The molecule has 5 heteroatoms. The molecule has 0 aromatic carbocycles. The molecule has 0 radical (unpaired) electrons. The van der Waals surface area contributed by atoms with Crippen LogP contribution in [0.5, 0.6) is 0 Å². The van der Waals surface area contributed by atoms with E-state index in [4.69, 9.17) is 0 Å². The molecule has 2 rings (SSSR count). The summed E-state index contributed by atoms with van der Waals surface area (Å²) in [6.45, 7) is 9.42. The third-order valence-corrected chi connectivity index (χ3v) is 4.71. The summed E-state index contributed by atoms with van der Waals surface area (Å²) in [7, 11) is 0. The number of aryl methyl sites for hydroxylation is 1. The van der Waals surface area contributed by atoms with E-state index in [1.165, 1.54) is 30.7 Å². The maximum Gasteiger partial charge on any atom is 0.263 e. The lowest BCUT2D eigenvalue weighted by Crippen LogP contribution is -2.43. The van der Waals surface area contributed by atoms with Gasteiger partial charge in [0.1, 0.15) is 4.88 Å². The molecule has 1 aliphatic heterocycles. The second-order valence-electron chi connectivity index (χ2n) is 5.57. The summed E-state index contributed by atoms with van der Waals surface area (Å²) in [4.78, 5) is 19.4. The van der Waals surface area contributed by atoms with Gasteiger partial charge in [-0.05, 0) is 46.1 Å². The molecule has 1 amide bonds. The molecule has 0 bridgehead atoms. The second-order valence-corrected chi connectivity index (χ2v) is 6.43. The van der Waals surface area contributed by atoms with E-state index in [9.17, 15) is 4.79 Å². The van der Waals surface area contributed by atoms with Crippen molar-refractivity contribution in [2.75, 3.05) is 19.6 Å². The van der Waals surface area contributed by atoms with Crippen molar-refractivity contribution in [3.8, 4) is 0 Å². The average Bonchev–Trinajstić information content (AvgIpc) is 2.82. The van der Waals surface area contributed by atoms with Crippen molar-refractivity contribution in [1.29, 1.82) is 0 Å². The monoisotopic (exact) mass is 281 g/mol. The highest BCUT2D eigenvalue weighted by molar-refractivity contribution is 7.11. The van der Waals surface area contributed by atoms with Gasteiger partial charge in [0.25, 0.3) is 5.91 Å². The first kappa shape index (κ1) is 14.5. The molecule has 19 heavy (non-hydrogen) atoms. The highest BCUT2D eigenvalue weighted by atomic mass is 32.1. The van der Waals surface area contributed by atoms with E-state index < -0.39 is 0 Å². The standard InChI is InChI=1S/C14H23N3OS/c1-10(2)17-6-4-5-12(8-17)7-15-14(18)13-11(3)16-9-19-13/h9-10,12H,4-8H2,1-3H3,(H,15,18). The van der Waals surface area contributed by atoms with Gasteiger partial charge < -0.3 is 10.2 Å². The summed E-state index contributed by atoms with van der Waals surface area (Å²) in [6.07, 6.45) is 2.45. The average molecular weight is 281 g/mol. The number of likely N-dealkylation sites (tertiary alicyclic amines) is 1. The molecular weight excluding hydrogens is 258 g/mol. The fraction of sp³-hybridized carbons (Fsp3) is 0.714. The largest absolute Gasteiger partial charge is 0.351 e. The molecular formula is C14H23N3OS. The first-order chi connectivity index (χ1) is 9.08. The van der Waals surface area contributed by atoms with Crippen molar-refractivity contribution in [2.24, 2.45) is 5.92 Å². The second kappa shape index (κ2) is 6.48. The summed E-state index contributed by atoms with van der Waals surface area (Å²) < 4.78 is 0. The molecule has 1 saturated heterocycles. The Kier molecular flexibility index (Phi) is 4.93. The Hall–Kier alpha value is -0.940. The number of nitrogens with zero attached hydrogens (tertiary/aromatic N) is 2. The number of rotatable bonds is 4. The Bertz CT molecular complexity index is 430. The summed E-state index contributed by atoms with van der Waals surface area (Å²) in [5.74, 6) is 0.606. The molecule has 0 aliphatic carbocycles. The molecule has 1 atom stereocenters. The van der Waals surface area contributed by atoms with Gasteiger partial charge in [0, 0.05) is 19.1 Å². The van der Waals surface area contributed by atoms with E-state index in [1.807, 2.05) is 6.92 Å². The number of hydrogen-bond acceptors (Lipinski definition) is 4. The molecule has 1 N–H and O–H groups in total. The van der Waals surface area contributed by atoms with E-state index in [0.717, 1.165) is 23.7 Å². The first-order valence-electron chi connectivity index (χ1n) is 7.00. The van der Waals surface area contributed by atoms with Crippen molar-refractivity contribution in [1.82, 2.24) is 15.2 Å². The zero-order chi connectivity index (χ0) is 13.8. The van der Waals surface area contributed by atoms with Crippen LogP contribution < -0.4 is 5.32 Å². The smallest absolute Gasteiger partial charge is 0.263 e. The van der Waals surface area contributed by atoms with Crippen LogP contribution in [0.3, 0.4) is 0 Å². The predicted octanol–water partition coefficient (Wildman–Crippen LogP) is 2.30. The molecule has 2 heterocycles. The minimum atomic E-state index is 0.0293. The van der Waals surface area contributed by atoms with E-state index in [0.29, 0.717) is 12.0 Å². The minimum Gasteiger partial charge on any atom is -0.351 e. The molecule has 1 aliphatic rings. The molecule has 1 unspecified atom stereocenters. The first-order valence-corrected chi connectivity index (χ1v) is 7.88. The number of piperidine rings is 1. The fourth-order valence-electron chi connectivity index (χ4n) is 2.57. The van der Waals surface area contributed by atoms with E-state index in [2.05, 4.69) is 29.0 Å². The Morgan fingerprint density at radius 1 is 1.63 bits per heavy atom. The fourth-order valence-corrected chi connectivity index (χ4v) is 3.29. The number of amides is 1. The van der Waals surface area contributed by atoms with Crippen molar-refractivity contribution in [3.63, 3.8) is 0 Å². The topological polar surface area (TPSA) is 45.2 Å². The molecule has 0 spiro atoms. The third-order valence-electron chi connectivity index (χ3n) is 3.78. The van der Waals surface area contributed by atoms with Gasteiger partial charge in [0.15, 0.2) is 0 Å². The summed E-state index contributed by atoms with van der Waals surface area (Å²) in [5, 5.41) is 3.06. The van der Waals surface area contributed by atoms with Gasteiger partial charge in [-0.3, -0.25) is 4.79 Å². The normalized spacial score (nSPS) is 20.7. The molecule has 106 valence electrons. The molecule has 0 saturated carbocycles. The van der Waals surface area contributed by atoms with Crippen molar-refractivity contribution >= 4 is 17.2 Å². The highest BCUT2D eigenvalue weighted by Gasteiger charge is 2.22. The van der Waals surface area contributed by atoms with Gasteiger partial charge in [0.05, 0.1) is 11.2 Å². The van der Waals surface area contributed by atoms with E-state index in [-0.39, 0.29) is 5.91 Å². The Balaban J connectivity index is 1.82. The number of thiazole rings is 1. The van der Waals surface area contributed by atoms with E-state index in [1.54, 1.807) is 5.51 Å². The summed E-state index contributed by atoms with van der Waals surface area (Å²) in [5.41, 5.74) is 2.56. The van der Waals surface area contributed by atoms with Gasteiger partial charge >= 0.3 is 0 Å². The molecule has 1 aromatic heterocycles. The number of nitrogens with one attached hydrogen (secondary N) is 1. The van der Waals surface area contributed by atoms with Crippen LogP contribution in [0.15, 0.2) is 5.51 Å². The Labute approximate surface area is 119 Å². The Morgan fingerprint density at radius 3 is 3.05 bits per heavy atom. The lowest BCUT2D eigenvalue weighted by atomic mass is 9.97. The highest BCUT2D eigenvalue weighted by Crippen LogP contribution is 2.18. The number of carbonyl (C=O) groups is 1. The van der Waals surface area contributed by atoms with Gasteiger partial charge in [-0.2, -0.15) is 0 Å². The van der Waals surface area contributed by atoms with Gasteiger partial charge in [-0.15, -0.1) is 11.3 Å². The number of aromatic nitrogens is 1. The van der Waals surface area contributed by atoms with Crippen LogP contribution in [-0.4, -0.2) is 41.5 Å². The maximum absolute atomic E-state index is 12.0. The lowest BCUT2D eigenvalue weighted by molar-refractivity contribution is 0.0926.